The Hall–Kier alpha value is -2.26. The number of aryl methyl sites for hydroxylation is 1. The summed E-state index contributed by atoms with van der Waals surface area (Å²) < 4.78 is 23.7. The van der Waals surface area contributed by atoms with Gasteiger partial charge in [0.1, 0.15) is 11.0 Å². The van der Waals surface area contributed by atoms with Crippen LogP contribution < -0.4 is 5.32 Å². The van der Waals surface area contributed by atoms with Crippen molar-refractivity contribution in [1.29, 1.82) is 0 Å². The van der Waals surface area contributed by atoms with E-state index in [2.05, 4.69) is 5.32 Å². The number of carbonyl (C=O) groups excluding carboxylic acids is 1. The Bertz CT molecular complexity index is 1180. The van der Waals surface area contributed by atoms with Crippen molar-refractivity contribution in [1.82, 2.24) is 15.2 Å². The minimum absolute atomic E-state index is 0.0692. The van der Waals surface area contributed by atoms with E-state index in [0.29, 0.717) is 24.7 Å². The Morgan fingerprint density at radius 1 is 1.12 bits per heavy atom. The standard InChI is InChI=1S/C23H24ClN3O3S2/c1-16-21(17-7-9-19(24)10-8-17)26-20(31-16)15-25-23(28)22(18-5-3-2-4-6-18)27-11-13-32(29,30)14-12-27/h2-10,22H,11-15H2,1H3,(H,25,28). The maximum absolute atomic E-state index is 13.2. The lowest BCUT2D eigenvalue weighted by Gasteiger charge is -2.33. The Morgan fingerprint density at radius 3 is 2.44 bits per heavy atom. The van der Waals surface area contributed by atoms with E-state index < -0.39 is 15.9 Å². The first kappa shape index (κ1) is 22.9. The molecule has 0 bridgehead atoms. The van der Waals surface area contributed by atoms with E-state index >= 15 is 0 Å². The van der Waals surface area contributed by atoms with Gasteiger partial charge in [-0.25, -0.2) is 13.4 Å². The molecule has 1 saturated heterocycles. The van der Waals surface area contributed by atoms with Gasteiger partial charge in [0.25, 0.3) is 0 Å². The van der Waals surface area contributed by atoms with Crippen LogP contribution in [0.5, 0.6) is 0 Å². The third-order valence-electron chi connectivity index (χ3n) is 5.48. The summed E-state index contributed by atoms with van der Waals surface area (Å²) >= 11 is 7.53. The molecule has 32 heavy (non-hydrogen) atoms. The molecule has 1 aliphatic heterocycles. The van der Waals surface area contributed by atoms with Crippen LogP contribution in [0.3, 0.4) is 0 Å². The first-order valence-corrected chi connectivity index (χ1v) is 13.3. The van der Waals surface area contributed by atoms with Gasteiger partial charge in [-0.1, -0.05) is 54.1 Å². The molecule has 1 atom stereocenters. The number of hydrogen-bond donors (Lipinski definition) is 1. The van der Waals surface area contributed by atoms with Crippen molar-refractivity contribution >= 4 is 38.7 Å². The summed E-state index contributed by atoms with van der Waals surface area (Å²) in [6, 6.07) is 16.5. The van der Waals surface area contributed by atoms with Crippen LogP contribution in [-0.4, -0.2) is 48.8 Å². The lowest BCUT2D eigenvalue weighted by molar-refractivity contribution is -0.126. The number of halogens is 1. The zero-order chi connectivity index (χ0) is 22.7. The van der Waals surface area contributed by atoms with Crippen molar-refractivity contribution < 1.29 is 13.2 Å². The van der Waals surface area contributed by atoms with Crippen LogP contribution in [0, 0.1) is 6.92 Å². The average molecular weight is 490 g/mol. The van der Waals surface area contributed by atoms with Gasteiger partial charge in [0, 0.05) is 28.6 Å². The Morgan fingerprint density at radius 2 is 1.78 bits per heavy atom. The van der Waals surface area contributed by atoms with E-state index in [1.165, 1.54) is 0 Å². The maximum atomic E-state index is 13.2. The highest BCUT2D eigenvalue weighted by molar-refractivity contribution is 7.91. The molecule has 1 aromatic heterocycles. The summed E-state index contributed by atoms with van der Waals surface area (Å²) in [6.45, 7) is 3.00. The molecule has 1 N–H and O–H groups in total. The van der Waals surface area contributed by atoms with Gasteiger partial charge >= 0.3 is 0 Å². The molecule has 1 unspecified atom stereocenters. The summed E-state index contributed by atoms with van der Waals surface area (Å²) in [4.78, 5) is 21.0. The molecule has 3 aromatic rings. The van der Waals surface area contributed by atoms with E-state index in [1.54, 1.807) is 11.3 Å². The molecule has 0 aliphatic carbocycles. The Balaban J connectivity index is 1.49. The summed E-state index contributed by atoms with van der Waals surface area (Å²) in [6.07, 6.45) is 0. The zero-order valence-electron chi connectivity index (χ0n) is 17.6. The molecular weight excluding hydrogens is 466 g/mol. The van der Waals surface area contributed by atoms with Crippen LogP contribution >= 0.6 is 22.9 Å². The van der Waals surface area contributed by atoms with Gasteiger partial charge in [0.2, 0.25) is 5.91 Å². The van der Waals surface area contributed by atoms with Gasteiger partial charge in [-0.05, 0) is 24.6 Å². The summed E-state index contributed by atoms with van der Waals surface area (Å²) in [5.74, 6) is -0.0177. The van der Waals surface area contributed by atoms with E-state index in [4.69, 9.17) is 16.6 Å². The second-order valence-electron chi connectivity index (χ2n) is 7.74. The largest absolute Gasteiger partial charge is 0.348 e. The third kappa shape index (κ3) is 5.38. The monoisotopic (exact) mass is 489 g/mol. The molecule has 1 fully saturated rings. The van der Waals surface area contributed by atoms with Crippen molar-refractivity contribution in [2.24, 2.45) is 0 Å². The highest BCUT2D eigenvalue weighted by Crippen LogP contribution is 2.29. The number of benzene rings is 2. The van der Waals surface area contributed by atoms with Crippen LogP contribution in [0.15, 0.2) is 54.6 Å². The van der Waals surface area contributed by atoms with Gasteiger partial charge in [-0.2, -0.15) is 0 Å². The number of aromatic nitrogens is 1. The lowest BCUT2D eigenvalue weighted by Crippen LogP contribution is -2.47. The number of thiazole rings is 1. The first-order chi connectivity index (χ1) is 15.3. The molecule has 0 saturated carbocycles. The number of hydrogen-bond acceptors (Lipinski definition) is 6. The Labute approximate surface area is 197 Å². The van der Waals surface area contributed by atoms with Crippen LogP contribution in [-0.2, 0) is 21.2 Å². The quantitative estimate of drug-likeness (QED) is 0.568. The maximum Gasteiger partial charge on any atom is 0.242 e. The predicted molar refractivity (Wildman–Crippen MR) is 129 cm³/mol. The molecule has 2 aromatic carbocycles. The third-order valence-corrected chi connectivity index (χ3v) is 8.31. The molecule has 1 amide bonds. The summed E-state index contributed by atoms with van der Waals surface area (Å²) in [5.41, 5.74) is 2.72. The van der Waals surface area contributed by atoms with E-state index in [9.17, 15) is 13.2 Å². The van der Waals surface area contributed by atoms with Crippen LogP contribution in [0.4, 0.5) is 0 Å². The normalized spacial score (nSPS) is 17.1. The van der Waals surface area contributed by atoms with Crippen LogP contribution in [0.2, 0.25) is 5.02 Å². The van der Waals surface area contributed by atoms with E-state index in [1.807, 2.05) is 66.4 Å². The highest BCUT2D eigenvalue weighted by atomic mass is 35.5. The van der Waals surface area contributed by atoms with E-state index in [-0.39, 0.29) is 17.4 Å². The number of nitrogens with one attached hydrogen (secondary N) is 1. The molecule has 4 rings (SSSR count). The van der Waals surface area contributed by atoms with Gasteiger partial charge in [0.15, 0.2) is 9.84 Å². The van der Waals surface area contributed by atoms with Crippen molar-refractivity contribution in [2.75, 3.05) is 24.6 Å². The minimum atomic E-state index is -3.03. The molecule has 1 aliphatic rings. The number of amides is 1. The van der Waals surface area contributed by atoms with Crippen molar-refractivity contribution in [3.63, 3.8) is 0 Å². The van der Waals surface area contributed by atoms with Gasteiger partial charge in [0.05, 0.1) is 23.7 Å². The second-order valence-corrected chi connectivity index (χ2v) is 11.8. The number of nitrogens with zero attached hydrogens (tertiary/aromatic N) is 2. The van der Waals surface area contributed by atoms with Crippen molar-refractivity contribution in [3.05, 3.63) is 75.1 Å². The fourth-order valence-electron chi connectivity index (χ4n) is 3.81. The molecule has 0 radical (unpaired) electrons. The van der Waals surface area contributed by atoms with Gasteiger partial charge in [-0.3, -0.25) is 9.69 Å². The van der Waals surface area contributed by atoms with E-state index in [0.717, 1.165) is 26.7 Å². The van der Waals surface area contributed by atoms with Gasteiger partial charge in [-0.15, -0.1) is 11.3 Å². The van der Waals surface area contributed by atoms with Crippen molar-refractivity contribution in [3.8, 4) is 11.3 Å². The molecule has 168 valence electrons. The number of sulfone groups is 1. The fourth-order valence-corrected chi connectivity index (χ4v) is 6.06. The molecule has 0 spiro atoms. The molecule has 9 heteroatoms. The van der Waals surface area contributed by atoms with Gasteiger partial charge < -0.3 is 5.32 Å². The molecule has 2 heterocycles. The number of carbonyl (C=O) groups is 1. The minimum Gasteiger partial charge on any atom is -0.348 e. The van der Waals surface area contributed by atoms with Crippen molar-refractivity contribution in [2.45, 2.75) is 19.5 Å². The SMILES string of the molecule is Cc1sc(CNC(=O)C(c2ccccc2)N2CCS(=O)(=O)CC2)nc1-c1ccc(Cl)cc1. The summed E-state index contributed by atoms with van der Waals surface area (Å²) in [5, 5.41) is 4.50. The first-order valence-electron chi connectivity index (χ1n) is 10.3. The molecule has 6 nitrogen and oxygen atoms in total. The van der Waals surface area contributed by atoms with Crippen LogP contribution in [0.1, 0.15) is 21.5 Å². The average Bonchev–Trinajstić information content (AvgIpc) is 3.15. The topological polar surface area (TPSA) is 79.4 Å². The highest BCUT2D eigenvalue weighted by Gasteiger charge is 2.32. The Kier molecular flexibility index (Phi) is 6.95. The molecular formula is C23H24ClN3O3S2. The lowest BCUT2D eigenvalue weighted by atomic mass is 10.0. The second kappa shape index (κ2) is 9.70. The smallest absolute Gasteiger partial charge is 0.242 e. The number of rotatable bonds is 6. The predicted octanol–water partition coefficient (Wildman–Crippen LogP) is 3.86. The summed E-state index contributed by atoms with van der Waals surface area (Å²) in [7, 11) is -3.03. The fraction of sp³-hybridized carbons (Fsp3) is 0.304. The zero-order valence-corrected chi connectivity index (χ0v) is 20.0. The van der Waals surface area contributed by atoms with Crippen LogP contribution in [0.25, 0.3) is 11.3 Å².